The average molecular weight is 291 g/mol. The molecule has 2 nitrogen and oxygen atoms in total. The van der Waals surface area contributed by atoms with Crippen LogP contribution < -0.4 is 5.73 Å². The van der Waals surface area contributed by atoms with E-state index in [0.29, 0.717) is 6.54 Å². The molecule has 19 heavy (non-hydrogen) atoms. The number of aromatic amines is 1. The van der Waals surface area contributed by atoms with Gasteiger partial charge in [0, 0.05) is 33.9 Å². The predicted molar refractivity (Wildman–Crippen MR) is 83.3 cm³/mol. The van der Waals surface area contributed by atoms with Gasteiger partial charge in [-0.1, -0.05) is 29.8 Å². The molecule has 0 amide bonds. The van der Waals surface area contributed by atoms with Gasteiger partial charge in [0.05, 0.1) is 4.34 Å². The minimum Gasteiger partial charge on any atom is -0.358 e. The molecule has 0 aliphatic rings. The van der Waals surface area contributed by atoms with Crippen LogP contribution in [0.2, 0.25) is 4.34 Å². The second-order valence-electron chi connectivity index (χ2n) is 4.64. The molecule has 0 fully saturated rings. The standard InChI is InChI=1S/C15H15ClN2S/c1-9-15(10-4-2-3-5-12(10)18-9)11(8-17)13-6-7-14(16)19-13/h2-7,11,18H,8,17H2,1H3. The Balaban J connectivity index is 2.18. The average Bonchev–Trinajstić information content (AvgIpc) is 2.96. The number of aryl methyl sites for hydroxylation is 1. The van der Waals surface area contributed by atoms with Gasteiger partial charge < -0.3 is 10.7 Å². The first kappa shape index (κ1) is 12.7. The van der Waals surface area contributed by atoms with Crippen LogP contribution in [-0.4, -0.2) is 11.5 Å². The predicted octanol–water partition coefficient (Wildman–Crippen LogP) is 4.28. The summed E-state index contributed by atoms with van der Waals surface area (Å²) in [5, 5.41) is 1.25. The molecule has 0 spiro atoms. The number of benzene rings is 1. The molecule has 3 aromatic rings. The maximum absolute atomic E-state index is 6.05. The van der Waals surface area contributed by atoms with Crippen LogP contribution >= 0.6 is 22.9 Å². The number of para-hydroxylation sites is 1. The van der Waals surface area contributed by atoms with E-state index in [1.54, 1.807) is 11.3 Å². The molecule has 4 heteroatoms. The fourth-order valence-electron chi connectivity index (χ4n) is 2.64. The van der Waals surface area contributed by atoms with Crippen LogP contribution in [0.4, 0.5) is 0 Å². The molecule has 2 aromatic heterocycles. The van der Waals surface area contributed by atoms with E-state index in [9.17, 15) is 0 Å². The van der Waals surface area contributed by atoms with Crippen LogP contribution in [0.25, 0.3) is 10.9 Å². The molecule has 3 N–H and O–H groups in total. The number of hydrogen-bond donors (Lipinski definition) is 2. The van der Waals surface area contributed by atoms with E-state index in [4.69, 9.17) is 17.3 Å². The smallest absolute Gasteiger partial charge is 0.0931 e. The van der Waals surface area contributed by atoms with Crippen molar-refractivity contribution in [1.29, 1.82) is 0 Å². The summed E-state index contributed by atoms with van der Waals surface area (Å²) in [6, 6.07) is 12.4. The SMILES string of the molecule is Cc1[nH]c2ccccc2c1C(CN)c1ccc(Cl)s1. The number of halogens is 1. The zero-order chi connectivity index (χ0) is 13.4. The zero-order valence-corrected chi connectivity index (χ0v) is 12.2. The Kier molecular flexibility index (Phi) is 3.35. The minimum atomic E-state index is 0.202. The normalized spacial score (nSPS) is 13.0. The Labute approximate surface area is 121 Å². The molecule has 98 valence electrons. The van der Waals surface area contributed by atoms with Crippen molar-refractivity contribution in [3.05, 3.63) is 56.9 Å². The summed E-state index contributed by atoms with van der Waals surface area (Å²) < 4.78 is 0.811. The lowest BCUT2D eigenvalue weighted by Crippen LogP contribution is -2.13. The summed E-state index contributed by atoms with van der Waals surface area (Å²) in [4.78, 5) is 4.66. The van der Waals surface area contributed by atoms with E-state index in [-0.39, 0.29) is 5.92 Å². The van der Waals surface area contributed by atoms with Gasteiger partial charge in [0.25, 0.3) is 0 Å². The van der Waals surface area contributed by atoms with Crippen molar-refractivity contribution in [3.63, 3.8) is 0 Å². The quantitative estimate of drug-likeness (QED) is 0.743. The third-order valence-electron chi connectivity index (χ3n) is 3.47. The van der Waals surface area contributed by atoms with Gasteiger partial charge in [0.15, 0.2) is 0 Å². The van der Waals surface area contributed by atoms with Crippen molar-refractivity contribution in [2.45, 2.75) is 12.8 Å². The van der Waals surface area contributed by atoms with E-state index < -0.39 is 0 Å². The van der Waals surface area contributed by atoms with Crippen molar-refractivity contribution in [1.82, 2.24) is 4.98 Å². The van der Waals surface area contributed by atoms with Gasteiger partial charge in [-0.3, -0.25) is 0 Å². The molecule has 0 bridgehead atoms. The molecule has 3 rings (SSSR count). The number of thiophene rings is 1. The Morgan fingerprint density at radius 3 is 2.74 bits per heavy atom. The van der Waals surface area contributed by atoms with Gasteiger partial charge in [-0.05, 0) is 30.7 Å². The number of nitrogens with two attached hydrogens (primary N) is 1. The number of nitrogens with one attached hydrogen (secondary N) is 1. The summed E-state index contributed by atoms with van der Waals surface area (Å²) in [7, 11) is 0. The first-order valence-electron chi connectivity index (χ1n) is 6.23. The van der Waals surface area contributed by atoms with Gasteiger partial charge >= 0.3 is 0 Å². The largest absolute Gasteiger partial charge is 0.358 e. The summed E-state index contributed by atoms with van der Waals surface area (Å²) in [6.07, 6.45) is 0. The fraction of sp³-hybridized carbons (Fsp3) is 0.200. The first-order chi connectivity index (χ1) is 9.20. The molecular formula is C15H15ClN2S. The van der Waals surface area contributed by atoms with Crippen LogP contribution in [0.1, 0.15) is 22.1 Å². The summed E-state index contributed by atoms with van der Waals surface area (Å²) in [6.45, 7) is 2.69. The van der Waals surface area contributed by atoms with E-state index >= 15 is 0 Å². The Morgan fingerprint density at radius 1 is 1.26 bits per heavy atom. The lowest BCUT2D eigenvalue weighted by molar-refractivity contribution is 0.834. The van der Waals surface area contributed by atoms with Gasteiger partial charge in [-0.2, -0.15) is 0 Å². The lowest BCUT2D eigenvalue weighted by Gasteiger charge is -2.14. The number of aromatic nitrogens is 1. The molecule has 0 radical (unpaired) electrons. The second kappa shape index (κ2) is 5.00. The third-order valence-corrected chi connectivity index (χ3v) is 4.81. The maximum atomic E-state index is 6.05. The van der Waals surface area contributed by atoms with E-state index in [1.165, 1.54) is 21.5 Å². The highest BCUT2D eigenvalue weighted by Gasteiger charge is 2.20. The number of hydrogen-bond acceptors (Lipinski definition) is 2. The topological polar surface area (TPSA) is 41.8 Å². The van der Waals surface area contributed by atoms with E-state index in [2.05, 4.69) is 36.2 Å². The lowest BCUT2D eigenvalue weighted by atomic mass is 9.95. The maximum Gasteiger partial charge on any atom is 0.0931 e. The molecular weight excluding hydrogens is 276 g/mol. The zero-order valence-electron chi connectivity index (χ0n) is 10.6. The molecule has 2 heterocycles. The molecule has 1 unspecified atom stereocenters. The number of fused-ring (bicyclic) bond motifs is 1. The monoisotopic (exact) mass is 290 g/mol. The molecule has 0 aliphatic carbocycles. The third kappa shape index (κ3) is 2.18. The highest BCUT2D eigenvalue weighted by molar-refractivity contribution is 7.16. The molecule has 0 aliphatic heterocycles. The van der Waals surface area contributed by atoms with Crippen LogP contribution in [0, 0.1) is 6.92 Å². The van der Waals surface area contributed by atoms with E-state index in [0.717, 1.165) is 9.85 Å². The van der Waals surface area contributed by atoms with Crippen LogP contribution in [0.15, 0.2) is 36.4 Å². The fourth-order valence-corrected chi connectivity index (χ4v) is 3.82. The van der Waals surface area contributed by atoms with Crippen molar-refractivity contribution >= 4 is 33.8 Å². The van der Waals surface area contributed by atoms with Gasteiger partial charge in [0.2, 0.25) is 0 Å². The van der Waals surface area contributed by atoms with E-state index in [1.807, 2.05) is 12.1 Å². The summed E-state index contributed by atoms with van der Waals surface area (Å²) >= 11 is 7.66. The number of rotatable bonds is 3. The van der Waals surface area contributed by atoms with Crippen LogP contribution in [-0.2, 0) is 0 Å². The number of H-pyrrole nitrogens is 1. The molecule has 0 saturated carbocycles. The van der Waals surface area contributed by atoms with Crippen LogP contribution in [0.3, 0.4) is 0 Å². The van der Waals surface area contributed by atoms with Gasteiger partial charge in [-0.15, -0.1) is 11.3 Å². The summed E-state index contributed by atoms with van der Waals surface area (Å²) in [5.74, 6) is 0.202. The molecule has 1 atom stereocenters. The highest BCUT2D eigenvalue weighted by atomic mass is 35.5. The van der Waals surface area contributed by atoms with Crippen molar-refractivity contribution in [2.75, 3.05) is 6.54 Å². The Morgan fingerprint density at radius 2 is 2.05 bits per heavy atom. The Hall–Kier alpha value is -1.29. The summed E-state index contributed by atoms with van der Waals surface area (Å²) in [5.41, 5.74) is 9.65. The second-order valence-corrected chi connectivity index (χ2v) is 6.39. The van der Waals surface area contributed by atoms with Gasteiger partial charge in [-0.25, -0.2) is 0 Å². The molecule has 1 aromatic carbocycles. The molecule has 0 saturated heterocycles. The van der Waals surface area contributed by atoms with Crippen molar-refractivity contribution in [2.24, 2.45) is 5.73 Å². The van der Waals surface area contributed by atoms with Gasteiger partial charge in [0.1, 0.15) is 0 Å². The Bertz CT molecular complexity index is 714. The van der Waals surface area contributed by atoms with Crippen LogP contribution in [0.5, 0.6) is 0 Å². The highest BCUT2D eigenvalue weighted by Crippen LogP contribution is 2.37. The van der Waals surface area contributed by atoms with Crippen molar-refractivity contribution in [3.8, 4) is 0 Å². The van der Waals surface area contributed by atoms with Crippen molar-refractivity contribution < 1.29 is 0 Å². The minimum absolute atomic E-state index is 0.202. The first-order valence-corrected chi connectivity index (χ1v) is 7.42.